The van der Waals surface area contributed by atoms with Gasteiger partial charge in [-0.2, -0.15) is 0 Å². The molecule has 0 bridgehead atoms. The van der Waals surface area contributed by atoms with E-state index < -0.39 is 0 Å². The molecule has 2 aromatic rings. The molecule has 2 aliphatic heterocycles. The van der Waals surface area contributed by atoms with E-state index in [1.54, 1.807) is 4.90 Å². The molecular weight excluding hydrogens is 428 g/mol. The fraction of sp³-hybridized carbons (Fsp3) is 0.417. The summed E-state index contributed by atoms with van der Waals surface area (Å²) >= 11 is 3.41. The van der Waals surface area contributed by atoms with Gasteiger partial charge in [0, 0.05) is 29.7 Å². The van der Waals surface area contributed by atoms with Gasteiger partial charge in [-0.1, -0.05) is 46.3 Å². The van der Waals surface area contributed by atoms with Crippen molar-refractivity contribution in [1.82, 2.24) is 9.80 Å². The van der Waals surface area contributed by atoms with Gasteiger partial charge in [0.2, 0.25) is 5.91 Å². The van der Waals surface area contributed by atoms with Crippen LogP contribution in [0.5, 0.6) is 0 Å². The molecule has 2 aliphatic rings. The van der Waals surface area contributed by atoms with Crippen LogP contribution in [0, 0.1) is 5.92 Å². The standard InChI is InChI=1S/C24H27BrN2O2/c25-21-10-8-20(9-11-21)23(28)27-14-4-7-22(27)24(29)26-15-12-19(13-16-26)17-18-5-2-1-3-6-18/h1-3,5-6,8-11,19,22H,4,7,12-17H2. The van der Waals surface area contributed by atoms with E-state index in [4.69, 9.17) is 0 Å². The maximum atomic E-state index is 13.2. The minimum atomic E-state index is -0.308. The van der Waals surface area contributed by atoms with Gasteiger partial charge in [0.05, 0.1) is 0 Å². The van der Waals surface area contributed by atoms with Crippen LogP contribution in [-0.4, -0.2) is 47.3 Å². The van der Waals surface area contributed by atoms with E-state index in [0.717, 1.165) is 49.7 Å². The second kappa shape index (κ2) is 9.12. The predicted molar refractivity (Wildman–Crippen MR) is 118 cm³/mol. The zero-order chi connectivity index (χ0) is 20.2. The Balaban J connectivity index is 1.35. The van der Waals surface area contributed by atoms with Gasteiger partial charge in [-0.25, -0.2) is 0 Å². The molecule has 0 N–H and O–H groups in total. The third-order valence-electron chi connectivity index (χ3n) is 6.18. The van der Waals surface area contributed by atoms with Crippen molar-refractivity contribution in [3.05, 3.63) is 70.2 Å². The van der Waals surface area contributed by atoms with Crippen LogP contribution in [0.3, 0.4) is 0 Å². The molecule has 0 aliphatic carbocycles. The number of carbonyl (C=O) groups is 2. The van der Waals surface area contributed by atoms with Crippen molar-refractivity contribution < 1.29 is 9.59 Å². The largest absolute Gasteiger partial charge is 0.341 e. The van der Waals surface area contributed by atoms with Gasteiger partial charge in [-0.3, -0.25) is 9.59 Å². The number of hydrogen-bond acceptors (Lipinski definition) is 2. The van der Waals surface area contributed by atoms with E-state index in [2.05, 4.69) is 40.2 Å². The molecule has 4 rings (SSSR count). The van der Waals surface area contributed by atoms with Crippen LogP contribution in [0.25, 0.3) is 0 Å². The molecule has 1 atom stereocenters. The topological polar surface area (TPSA) is 40.6 Å². The molecule has 2 saturated heterocycles. The number of likely N-dealkylation sites (tertiary alicyclic amines) is 2. The van der Waals surface area contributed by atoms with Gasteiger partial charge in [0.25, 0.3) is 5.91 Å². The quantitative estimate of drug-likeness (QED) is 0.680. The minimum Gasteiger partial charge on any atom is -0.341 e. The summed E-state index contributed by atoms with van der Waals surface area (Å²) < 4.78 is 0.946. The second-order valence-electron chi connectivity index (χ2n) is 8.12. The van der Waals surface area contributed by atoms with E-state index in [0.29, 0.717) is 18.0 Å². The SMILES string of the molecule is O=C(C1CCCN1C(=O)c1ccc(Br)cc1)N1CCC(Cc2ccccc2)CC1. The first kappa shape index (κ1) is 20.1. The van der Waals surface area contributed by atoms with Crippen LogP contribution in [0.1, 0.15) is 41.6 Å². The van der Waals surface area contributed by atoms with Crippen LogP contribution in [0.4, 0.5) is 0 Å². The summed E-state index contributed by atoms with van der Waals surface area (Å²) in [5, 5.41) is 0. The highest BCUT2D eigenvalue weighted by molar-refractivity contribution is 9.10. The van der Waals surface area contributed by atoms with Crippen LogP contribution in [0.15, 0.2) is 59.1 Å². The number of rotatable bonds is 4. The Hall–Kier alpha value is -2.14. The molecule has 5 heteroatoms. The van der Waals surface area contributed by atoms with Gasteiger partial charge in [0.15, 0.2) is 0 Å². The Morgan fingerprint density at radius 2 is 1.59 bits per heavy atom. The fourth-order valence-electron chi connectivity index (χ4n) is 4.54. The van der Waals surface area contributed by atoms with Gasteiger partial charge in [-0.05, 0) is 67.9 Å². The van der Waals surface area contributed by atoms with Crippen LogP contribution < -0.4 is 0 Å². The summed E-state index contributed by atoms with van der Waals surface area (Å²) in [6.07, 6.45) is 4.82. The summed E-state index contributed by atoms with van der Waals surface area (Å²) in [4.78, 5) is 29.9. The number of hydrogen-bond donors (Lipinski definition) is 0. The number of nitrogens with zero attached hydrogens (tertiary/aromatic N) is 2. The number of carbonyl (C=O) groups excluding carboxylic acids is 2. The highest BCUT2D eigenvalue weighted by Gasteiger charge is 2.37. The van der Waals surface area contributed by atoms with Crippen molar-refractivity contribution in [3.8, 4) is 0 Å². The first-order valence-corrected chi connectivity index (χ1v) is 11.3. The van der Waals surface area contributed by atoms with E-state index in [1.807, 2.05) is 35.2 Å². The molecular formula is C24H27BrN2O2. The molecule has 0 aromatic heterocycles. The fourth-order valence-corrected chi connectivity index (χ4v) is 4.80. The molecule has 1 unspecified atom stereocenters. The van der Waals surface area contributed by atoms with Crippen LogP contribution >= 0.6 is 15.9 Å². The predicted octanol–water partition coefficient (Wildman–Crippen LogP) is 4.54. The number of piperidine rings is 1. The first-order valence-electron chi connectivity index (χ1n) is 10.5. The van der Waals surface area contributed by atoms with Gasteiger partial charge < -0.3 is 9.80 Å². The summed E-state index contributed by atoms with van der Waals surface area (Å²) in [6.45, 7) is 2.26. The van der Waals surface area contributed by atoms with Crippen LogP contribution in [-0.2, 0) is 11.2 Å². The van der Waals surface area contributed by atoms with E-state index in [-0.39, 0.29) is 17.9 Å². The number of halogens is 1. The highest BCUT2D eigenvalue weighted by Crippen LogP contribution is 2.26. The van der Waals surface area contributed by atoms with Gasteiger partial charge in [0.1, 0.15) is 6.04 Å². The zero-order valence-electron chi connectivity index (χ0n) is 16.6. The van der Waals surface area contributed by atoms with Crippen molar-refractivity contribution in [2.75, 3.05) is 19.6 Å². The van der Waals surface area contributed by atoms with E-state index in [9.17, 15) is 9.59 Å². The average molecular weight is 455 g/mol. The average Bonchev–Trinajstić information content (AvgIpc) is 3.24. The molecule has 29 heavy (non-hydrogen) atoms. The normalized spacial score (nSPS) is 20.1. The summed E-state index contributed by atoms with van der Waals surface area (Å²) in [7, 11) is 0. The number of amides is 2. The lowest BCUT2D eigenvalue weighted by Gasteiger charge is -2.35. The van der Waals surface area contributed by atoms with Crippen molar-refractivity contribution in [1.29, 1.82) is 0 Å². The lowest BCUT2D eigenvalue weighted by atomic mass is 9.90. The molecule has 2 aromatic carbocycles. The zero-order valence-corrected chi connectivity index (χ0v) is 18.2. The molecule has 0 spiro atoms. The lowest BCUT2D eigenvalue weighted by Crippen LogP contribution is -2.50. The van der Waals surface area contributed by atoms with Crippen molar-refractivity contribution in [2.45, 2.75) is 38.1 Å². The van der Waals surface area contributed by atoms with Crippen molar-refractivity contribution in [3.63, 3.8) is 0 Å². The maximum absolute atomic E-state index is 13.2. The third kappa shape index (κ3) is 4.72. The Kier molecular flexibility index (Phi) is 6.34. The first-order chi connectivity index (χ1) is 14.1. The lowest BCUT2D eigenvalue weighted by molar-refractivity contribution is -0.136. The summed E-state index contributed by atoms with van der Waals surface area (Å²) in [5.74, 6) is 0.726. The molecule has 4 nitrogen and oxygen atoms in total. The molecule has 0 saturated carbocycles. The van der Waals surface area contributed by atoms with Crippen molar-refractivity contribution in [2.24, 2.45) is 5.92 Å². The monoisotopic (exact) mass is 454 g/mol. The Morgan fingerprint density at radius 1 is 0.897 bits per heavy atom. The molecule has 2 amide bonds. The smallest absolute Gasteiger partial charge is 0.254 e. The Bertz CT molecular complexity index is 845. The minimum absolute atomic E-state index is 0.0349. The molecule has 0 radical (unpaired) electrons. The summed E-state index contributed by atoms with van der Waals surface area (Å²) in [6, 6.07) is 17.7. The van der Waals surface area contributed by atoms with E-state index >= 15 is 0 Å². The van der Waals surface area contributed by atoms with Gasteiger partial charge >= 0.3 is 0 Å². The second-order valence-corrected chi connectivity index (χ2v) is 9.04. The maximum Gasteiger partial charge on any atom is 0.254 e. The number of benzene rings is 2. The van der Waals surface area contributed by atoms with Crippen LogP contribution in [0.2, 0.25) is 0 Å². The molecule has 2 fully saturated rings. The summed E-state index contributed by atoms with van der Waals surface area (Å²) in [5.41, 5.74) is 2.02. The molecule has 152 valence electrons. The Morgan fingerprint density at radius 3 is 2.28 bits per heavy atom. The Labute approximate surface area is 181 Å². The van der Waals surface area contributed by atoms with Gasteiger partial charge in [-0.15, -0.1) is 0 Å². The third-order valence-corrected chi connectivity index (χ3v) is 6.71. The molecule has 2 heterocycles. The van der Waals surface area contributed by atoms with Crippen molar-refractivity contribution >= 4 is 27.7 Å². The highest BCUT2D eigenvalue weighted by atomic mass is 79.9. The van der Waals surface area contributed by atoms with E-state index in [1.165, 1.54) is 5.56 Å².